The second-order valence-electron chi connectivity index (χ2n) is 15.4. The molecule has 0 amide bonds. The molecule has 0 atom stereocenters. The summed E-state index contributed by atoms with van der Waals surface area (Å²) in [6.45, 7) is 0. The molecule has 0 bridgehead atoms. The Labute approximate surface area is 343 Å². The van der Waals surface area contributed by atoms with Gasteiger partial charge in [-0.2, -0.15) is 0 Å². The lowest BCUT2D eigenvalue weighted by atomic mass is 9.70. The minimum Gasteiger partial charge on any atom is -0.208 e. The largest absolute Gasteiger partial charge is 0.208 e. The van der Waals surface area contributed by atoms with Gasteiger partial charge in [0.1, 0.15) is 0 Å². The van der Waals surface area contributed by atoms with Crippen LogP contribution in [0.1, 0.15) is 22.3 Å². The van der Waals surface area contributed by atoms with E-state index < -0.39 is 5.41 Å². The third kappa shape index (κ3) is 4.92. The molecule has 274 valence electrons. The average Bonchev–Trinajstić information content (AvgIpc) is 3.79. The monoisotopic (exact) mass is 749 g/mol. The molecule has 2 aliphatic carbocycles. The minimum absolute atomic E-state index is 0.407. The van der Waals surface area contributed by atoms with Crippen molar-refractivity contribution in [3.05, 3.63) is 235 Å². The van der Waals surface area contributed by atoms with Crippen molar-refractivity contribution in [3.8, 4) is 78.7 Å². The minimum atomic E-state index is -0.407. The van der Waals surface area contributed by atoms with Gasteiger partial charge in [0.15, 0.2) is 17.5 Å². The van der Waals surface area contributed by atoms with Crippen LogP contribution < -0.4 is 0 Å². The van der Waals surface area contributed by atoms with E-state index in [0.717, 1.165) is 38.6 Å². The van der Waals surface area contributed by atoms with Crippen LogP contribution in [0.3, 0.4) is 0 Å². The van der Waals surface area contributed by atoms with Crippen LogP contribution in [0.4, 0.5) is 0 Å². The predicted molar refractivity (Wildman–Crippen MR) is 241 cm³/mol. The van der Waals surface area contributed by atoms with Crippen LogP contribution in [-0.4, -0.2) is 15.0 Å². The fourth-order valence-corrected chi connectivity index (χ4v) is 9.98. The third-order valence-corrected chi connectivity index (χ3v) is 12.4. The van der Waals surface area contributed by atoms with E-state index in [0.29, 0.717) is 17.5 Å². The van der Waals surface area contributed by atoms with Crippen molar-refractivity contribution in [1.82, 2.24) is 15.0 Å². The summed E-state index contributed by atoms with van der Waals surface area (Å²) in [5.74, 6) is 1.92. The summed E-state index contributed by atoms with van der Waals surface area (Å²) >= 11 is 0. The first-order chi connectivity index (χ1) is 29.3. The Bertz CT molecular complexity index is 3230. The lowest BCUT2D eigenvalue weighted by Gasteiger charge is -2.30. The molecule has 0 unspecified atom stereocenters. The molecule has 9 aromatic carbocycles. The van der Waals surface area contributed by atoms with Gasteiger partial charge in [-0.05, 0) is 83.6 Å². The molecule has 10 aromatic rings. The topological polar surface area (TPSA) is 38.7 Å². The fraction of sp³-hybridized carbons (Fsp3) is 0.0179. The SMILES string of the molecule is c1ccc(-c2nc(-c3ccccc3-c3ccccc3)nc(-c3ccc(-c4cccc5c4-c4ccccc4C54c5ccccc5-c5ccccc54)c4ccccc34)n2)cc1. The van der Waals surface area contributed by atoms with Gasteiger partial charge >= 0.3 is 0 Å². The molecule has 0 radical (unpaired) electrons. The predicted octanol–water partition coefficient (Wildman–Crippen LogP) is 13.7. The normalized spacial score (nSPS) is 12.9. The summed E-state index contributed by atoms with van der Waals surface area (Å²) < 4.78 is 0. The summed E-state index contributed by atoms with van der Waals surface area (Å²) in [6.07, 6.45) is 0. The van der Waals surface area contributed by atoms with E-state index in [1.807, 2.05) is 24.3 Å². The maximum atomic E-state index is 5.29. The Kier molecular flexibility index (Phi) is 7.45. The van der Waals surface area contributed by atoms with Gasteiger partial charge in [-0.25, -0.2) is 15.0 Å². The van der Waals surface area contributed by atoms with Crippen molar-refractivity contribution in [2.24, 2.45) is 0 Å². The van der Waals surface area contributed by atoms with Gasteiger partial charge in [0.25, 0.3) is 0 Å². The van der Waals surface area contributed by atoms with Crippen molar-refractivity contribution >= 4 is 10.8 Å². The van der Waals surface area contributed by atoms with Gasteiger partial charge < -0.3 is 0 Å². The lowest BCUT2D eigenvalue weighted by Crippen LogP contribution is -2.25. The Hall–Kier alpha value is -7.75. The summed E-state index contributed by atoms with van der Waals surface area (Å²) in [5.41, 5.74) is 17.6. The van der Waals surface area contributed by atoms with Crippen LogP contribution in [0, 0.1) is 0 Å². The average molecular weight is 750 g/mol. The molecule has 0 N–H and O–H groups in total. The molecule has 2 aliphatic rings. The maximum absolute atomic E-state index is 5.29. The lowest BCUT2D eigenvalue weighted by molar-refractivity contribution is 0.794. The molecule has 0 saturated heterocycles. The first kappa shape index (κ1) is 33.4. The molecule has 0 fully saturated rings. The molecule has 1 heterocycles. The molecule has 3 nitrogen and oxygen atoms in total. The van der Waals surface area contributed by atoms with E-state index in [1.165, 1.54) is 55.6 Å². The highest BCUT2D eigenvalue weighted by atomic mass is 15.0. The number of benzene rings is 9. The van der Waals surface area contributed by atoms with E-state index in [1.54, 1.807) is 0 Å². The van der Waals surface area contributed by atoms with E-state index in [4.69, 9.17) is 15.0 Å². The summed E-state index contributed by atoms with van der Waals surface area (Å²) in [7, 11) is 0. The van der Waals surface area contributed by atoms with Gasteiger partial charge in [-0.1, -0.05) is 206 Å². The van der Waals surface area contributed by atoms with Crippen molar-refractivity contribution < 1.29 is 0 Å². The van der Waals surface area contributed by atoms with Crippen LogP contribution in [0.5, 0.6) is 0 Å². The van der Waals surface area contributed by atoms with E-state index in [2.05, 4.69) is 188 Å². The molecular formula is C56H35N3. The van der Waals surface area contributed by atoms with Gasteiger partial charge in [-0.15, -0.1) is 0 Å². The van der Waals surface area contributed by atoms with Gasteiger partial charge in [0, 0.05) is 16.7 Å². The van der Waals surface area contributed by atoms with Gasteiger partial charge in [0.05, 0.1) is 5.41 Å². The molecule has 59 heavy (non-hydrogen) atoms. The number of aromatic nitrogens is 3. The fourth-order valence-electron chi connectivity index (χ4n) is 9.98. The Morgan fingerprint density at radius 1 is 0.237 bits per heavy atom. The van der Waals surface area contributed by atoms with Crippen LogP contribution in [0.15, 0.2) is 212 Å². The first-order valence-electron chi connectivity index (χ1n) is 20.2. The number of fused-ring (bicyclic) bond motifs is 11. The van der Waals surface area contributed by atoms with Crippen molar-refractivity contribution in [3.63, 3.8) is 0 Å². The maximum Gasteiger partial charge on any atom is 0.164 e. The van der Waals surface area contributed by atoms with Crippen molar-refractivity contribution in [2.45, 2.75) is 5.41 Å². The summed E-state index contributed by atoms with van der Waals surface area (Å²) in [4.78, 5) is 15.6. The zero-order chi connectivity index (χ0) is 38.9. The molecular weight excluding hydrogens is 715 g/mol. The van der Waals surface area contributed by atoms with E-state index in [9.17, 15) is 0 Å². The van der Waals surface area contributed by atoms with Gasteiger partial charge in [-0.3, -0.25) is 0 Å². The number of nitrogens with zero attached hydrogens (tertiary/aromatic N) is 3. The zero-order valence-electron chi connectivity index (χ0n) is 32.0. The Balaban J connectivity index is 1.08. The summed E-state index contributed by atoms with van der Waals surface area (Å²) in [5, 5.41) is 2.24. The zero-order valence-corrected chi connectivity index (χ0v) is 32.0. The quantitative estimate of drug-likeness (QED) is 0.176. The first-order valence-corrected chi connectivity index (χ1v) is 20.2. The highest BCUT2D eigenvalue weighted by Gasteiger charge is 2.52. The number of rotatable bonds is 5. The highest BCUT2D eigenvalue weighted by molar-refractivity contribution is 6.09. The van der Waals surface area contributed by atoms with Gasteiger partial charge in [0.2, 0.25) is 0 Å². The van der Waals surface area contributed by atoms with Crippen LogP contribution in [0.25, 0.3) is 89.4 Å². The van der Waals surface area contributed by atoms with Crippen molar-refractivity contribution in [2.75, 3.05) is 0 Å². The smallest absolute Gasteiger partial charge is 0.164 e. The van der Waals surface area contributed by atoms with Crippen LogP contribution in [0.2, 0.25) is 0 Å². The molecule has 12 rings (SSSR count). The highest BCUT2D eigenvalue weighted by Crippen LogP contribution is 2.64. The summed E-state index contributed by atoms with van der Waals surface area (Å²) in [6, 6.07) is 76.2. The van der Waals surface area contributed by atoms with Crippen LogP contribution in [-0.2, 0) is 5.41 Å². The van der Waals surface area contributed by atoms with E-state index in [-0.39, 0.29) is 0 Å². The Morgan fingerprint density at radius 3 is 1.32 bits per heavy atom. The van der Waals surface area contributed by atoms with E-state index >= 15 is 0 Å². The van der Waals surface area contributed by atoms with Crippen LogP contribution >= 0.6 is 0 Å². The standard InChI is InChI=1S/C56H35N3/c1-3-18-36(19-4-1)38-22-7-10-27-45(38)54-57-53(37-20-5-2-6-21-37)58-55(59-54)46-35-34-41(39-23-8-9-24-40(39)46)44-29-17-33-51-52(44)47-28-13-16-32-50(47)56(51)48-30-14-11-25-42(48)43-26-12-15-31-49(43)56/h1-35H. The molecule has 0 aliphatic heterocycles. The molecule has 1 spiro atoms. The number of hydrogen-bond acceptors (Lipinski definition) is 3. The number of hydrogen-bond donors (Lipinski definition) is 0. The molecule has 3 heteroatoms. The molecule has 1 aromatic heterocycles. The second-order valence-corrected chi connectivity index (χ2v) is 15.4. The third-order valence-electron chi connectivity index (χ3n) is 12.4. The Morgan fingerprint density at radius 2 is 0.661 bits per heavy atom. The second kappa shape index (κ2) is 13.2. The van der Waals surface area contributed by atoms with Crippen molar-refractivity contribution in [1.29, 1.82) is 0 Å². The molecule has 0 saturated carbocycles.